The van der Waals surface area contributed by atoms with Crippen LogP contribution in [0.4, 0.5) is 5.69 Å². The van der Waals surface area contributed by atoms with Crippen molar-refractivity contribution in [3.8, 4) is 0 Å². The Bertz CT molecular complexity index is 1580. The molecular formula is C42H60N2O7. The summed E-state index contributed by atoms with van der Waals surface area (Å²) in [6.07, 6.45) is 7.94. The SMILES string of the molecule is CC(=O)OC[C@@]1(C)[C@@H]2CC[C@]3(C)[C@H](CC=C4[C@@H]5[C@@H](C)[C@H](C)CC[C@]5(C(=O)NNc5ccccc5)CC[C@]43C)[C@@]2(C)C[C@@H](OC(C)=O)[C@@H]1OC(C)=O. The molecule has 5 aliphatic rings. The molecule has 12 atom stereocenters. The average molecular weight is 705 g/mol. The molecule has 0 radical (unpaired) electrons. The van der Waals surface area contributed by atoms with Crippen LogP contribution in [0.15, 0.2) is 42.0 Å². The lowest BCUT2D eigenvalue weighted by molar-refractivity contribution is -0.255. The molecule has 9 heteroatoms. The summed E-state index contributed by atoms with van der Waals surface area (Å²) in [6, 6.07) is 9.81. The van der Waals surface area contributed by atoms with Crippen LogP contribution in [0.3, 0.4) is 0 Å². The molecule has 4 fully saturated rings. The van der Waals surface area contributed by atoms with E-state index < -0.39 is 40.9 Å². The fraction of sp³-hybridized carbons (Fsp3) is 0.714. The molecular weight excluding hydrogens is 644 g/mol. The van der Waals surface area contributed by atoms with Gasteiger partial charge in [0.2, 0.25) is 5.91 Å². The van der Waals surface area contributed by atoms with Gasteiger partial charge >= 0.3 is 17.9 Å². The van der Waals surface area contributed by atoms with Crippen LogP contribution in [-0.2, 0) is 33.4 Å². The molecule has 4 saturated carbocycles. The van der Waals surface area contributed by atoms with E-state index in [1.165, 1.54) is 26.3 Å². The second-order valence-electron chi connectivity index (χ2n) is 17.9. The summed E-state index contributed by atoms with van der Waals surface area (Å²) in [4.78, 5) is 51.8. The van der Waals surface area contributed by atoms with E-state index in [9.17, 15) is 19.2 Å². The number of ether oxygens (including phenoxy) is 3. The van der Waals surface area contributed by atoms with Crippen LogP contribution < -0.4 is 10.9 Å². The van der Waals surface area contributed by atoms with E-state index in [2.05, 4.69) is 58.5 Å². The monoisotopic (exact) mass is 704 g/mol. The zero-order chi connectivity index (χ0) is 37.1. The van der Waals surface area contributed by atoms with Gasteiger partial charge in [-0.3, -0.25) is 30.0 Å². The van der Waals surface area contributed by atoms with Gasteiger partial charge in [0.15, 0.2) is 0 Å². The molecule has 0 aliphatic heterocycles. The molecule has 9 nitrogen and oxygen atoms in total. The Kier molecular flexibility index (Phi) is 9.71. The van der Waals surface area contributed by atoms with Gasteiger partial charge in [0.1, 0.15) is 18.8 Å². The van der Waals surface area contributed by atoms with Gasteiger partial charge in [-0.25, -0.2) is 0 Å². The highest BCUT2D eigenvalue weighted by molar-refractivity contribution is 5.85. The predicted octanol–water partition coefficient (Wildman–Crippen LogP) is 7.80. The van der Waals surface area contributed by atoms with E-state index >= 15 is 0 Å². The topological polar surface area (TPSA) is 120 Å². The minimum absolute atomic E-state index is 0.0447. The highest BCUT2D eigenvalue weighted by atomic mass is 16.6. The number of nitrogens with one attached hydrogen (secondary N) is 2. The fourth-order valence-corrected chi connectivity index (χ4v) is 12.7. The van der Waals surface area contributed by atoms with E-state index in [-0.39, 0.29) is 46.5 Å². The quantitative estimate of drug-likeness (QED) is 0.128. The first kappa shape index (κ1) is 37.4. The molecule has 1 amide bonds. The number of fused-ring (bicyclic) bond motifs is 7. The first-order chi connectivity index (χ1) is 23.9. The van der Waals surface area contributed by atoms with Crippen LogP contribution in [0.5, 0.6) is 0 Å². The largest absolute Gasteiger partial charge is 0.465 e. The molecule has 280 valence electrons. The van der Waals surface area contributed by atoms with Crippen molar-refractivity contribution in [2.45, 2.75) is 126 Å². The molecule has 6 rings (SSSR count). The van der Waals surface area contributed by atoms with Crippen LogP contribution in [0.2, 0.25) is 0 Å². The normalized spacial score (nSPS) is 42.7. The van der Waals surface area contributed by atoms with Crippen LogP contribution in [0.25, 0.3) is 0 Å². The van der Waals surface area contributed by atoms with Crippen molar-refractivity contribution in [1.29, 1.82) is 0 Å². The van der Waals surface area contributed by atoms with Crippen molar-refractivity contribution in [2.75, 3.05) is 12.0 Å². The van der Waals surface area contributed by atoms with Gasteiger partial charge in [0.25, 0.3) is 0 Å². The standard InChI is InChI=1S/C42H60N2O7/c1-25-17-20-42(37(48)44-43-30-13-11-10-12-14-30)22-21-40(8)31(35(42)26(25)2)15-16-34-38(6)23-32(50-28(4)46)36(51-29(5)47)39(7,24-49-27(3)45)33(38)18-19-41(34,40)9/h10-15,25-26,32-36,43H,16-24H2,1-9H3,(H,44,48)/t25-,26+,32-,33-,34-,35+,36+,38+,39+,40-,41-,42+/m1/s1. The Morgan fingerprint density at radius 2 is 1.51 bits per heavy atom. The zero-order valence-corrected chi connectivity index (χ0v) is 32.2. The number of benzene rings is 1. The number of amides is 1. The maximum Gasteiger partial charge on any atom is 0.303 e. The molecule has 2 N–H and O–H groups in total. The summed E-state index contributed by atoms with van der Waals surface area (Å²) in [5.41, 5.74) is 6.84. The second-order valence-corrected chi connectivity index (χ2v) is 17.9. The third kappa shape index (κ3) is 5.89. The van der Waals surface area contributed by atoms with Gasteiger partial charge in [0.05, 0.1) is 11.1 Å². The third-order valence-electron chi connectivity index (χ3n) is 15.4. The van der Waals surface area contributed by atoms with Gasteiger partial charge in [0, 0.05) is 26.2 Å². The lowest BCUT2D eigenvalue weighted by Gasteiger charge is -2.72. The van der Waals surface area contributed by atoms with Crippen molar-refractivity contribution >= 4 is 29.5 Å². The first-order valence-corrected chi connectivity index (χ1v) is 19.2. The third-order valence-corrected chi connectivity index (χ3v) is 15.4. The molecule has 0 aromatic heterocycles. The van der Waals surface area contributed by atoms with Gasteiger partial charge in [-0.2, -0.15) is 0 Å². The number of esters is 3. The summed E-state index contributed by atoms with van der Waals surface area (Å²) in [6.45, 7) is 18.3. The average Bonchev–Trinajstić information content (AvgIpc) is 3.06. The minimum Gasteiger partial charge on any atom is -0.465 e. The van der Waals surface area contributed by atoms with E-state index in [4.69, 9.17) is 14.2 Å². The van der Waals surface area contributed by atoms with Crippen molar-refractivity contribution < 1.29 is 33.4 Å². The molecule has 5 aliphatic carbocycles. The summed E-state index contributed by atoms with van der Waals surface area (Å²) < 4.78 is 17.8. The Labute approximate surface area is 304 Å². The van der Waals surface area contributed by atoms with Gasteiger partial charge < -0.3 is 14.2 Å². The van der Waals surface area contributed by atoms with Crippen LogP contribution in [-0.4, -0.2) is 42.6 Å². The number of hydrogen-bond acceptors (Lipinski definition) is 8. The van der Waals surface area contributed by atoms with E-state index in [1.807, 2.05) is 30.3 Å². The number of hydrazine groups is 1. The van der Waals surface area contributed by atoms with Crippen LogP contribution in [0, 0.1) is 56.7 Å². The smallest absolute Gasteiger partial charge is 0.303 e. The highest BCUT2D eigenvalue weighted by Gasteiger charge is 2.72. The number of hydrogen-bond donors (Lipinski definition) is 2. The molecule has 0 saturated heterocycles. The Morgan fingerprint density at radius 3 is 2.16 bits per heavy atom. The summed E-state index contributed by atoms with van der Waals surface area (Å²) in [7, 11) is 0. The maximum absolute atomic E-state index is 14.5. The zero-order valence-electron chi connectivity index (χ0n) is 32.2. The summed E-state index contributed by atoms with van der Waals surface area (Å²) >= 11 is 0. The van der Waals surface area contributed by atoms with Crippen molar-refractivity contribution in [2.24, 2.45) is 56.7 Å². The van der Waals surface area contributed by atoms with E-state index in [0.717, 1.165) is 50.6 Å². The molecule has 1 aromatic rings. The fourth-order valence-electron chi connectivity index (χ4n) is 12.7. The maximum atomic E-state index is 14.5. The number of rotatable bonds is 7. The molecule has 0 unspecified atom stereocenters. The predicted molar refractivity (Wildman–Crippen MR) is 195 cm³/mol. The van der Waals surface area contributed by atoms with Gasteiger partial charge in [-0.05, 0) is 109 Å². The number of anilines is 1. The molecule has 0 spiro atoms. The number of carbonyl (C=O) groups is 4. The Hall–Kier alpha value is -3.36. The van der Waals surface area contributed by atoms with E-state index in [0.29, 0.717) is 18.3 Å². The first-order valence-electron chi connectivity index (χ1n) is 19.2. The number of carbonyl (C=O) groups excluding carboxylic acids is 4. The lowest BCUT2D eigenvalue weighted by atomic mass is 9.33. The lowest BCUT2D eigenvalue weighted by Crippen LogP contribution is -2.69. The molecule has 51 heavy (non-hydrogen) atoms. The van der Waals surface area contributed by atoms with Crippen LogP contribution in [0.1, 0.15) is 114 Å². The minimum atomic E-state index is -0.768. The molecule has 0 bridgehead atoms. The van der Waals surface area contributed by atoms with Crippen molar-refractivity contribution in [3.63, 3.8) is 0 Å². The van der Waals surface area contributed by atoms with Crippen LogP contribution >= 0.6 is 0 Å². The van der Waals surface area contributed by atoms with Gasteiger partial charge in [-0.15, -0.1) is 0 Å². The summed E-state index contributed by atoms with van der Waals surface area (Å²) in [5.74, 6) is 0.0797. The van der Waals surface area contributed by atoms with Crippen molar-refractivity contribution in [1.82, 2.24) is 5.43 Å². The molecule has 0 heterocycles. The van der Waals surface area contributed by atoms with Crippen molar-refractivity contribution in [3.05, 3.63) is 42.0 Å². The Morgan fingerprint density at radius 1 is 0.824 bits per heavy atom. The number of para-hydroxylation sites is 1. The van der Waals surface area contributed by atoms with Gasteiger partial charge in [-0.1, -0.05) is 71.4 Å². The van der Waals surface area contributed by atoms with E-state index in [1.54, 1.807) is 0 Å². The Balaban J connectivity index is 1.40. The second kappa shape index (κ2) is 13.2. The highest BCUT2D eigenvalue weighted by Crippen LogP contribution is 2.76. The summed E-state index contributed by atoms with van der Waals surface area (Å²) in [5, 5.41) is 0. The molecule has 1 aromatic carbocycles. The number of allylic oxidation sites excluding steroid dienone is 2.